The molecule has 0 spiro atoms. The first-order valence-corrected chi connectivity index (χ1v) is 6.07. The Labute approximate surface area is 103 Å². The second-order valence-corrected chi connectivity index (χ2v) is 4.85. The third-order valence-corrected chi connectivity index (χ3v) is 3.37. The smallest absolute Gasteiger partial charge is 0.309 e. The highest BCUT2D eigenvalue weighted by atomic mass is 79.9. The summed E-state index contributed by atoms with van der Waals surface area (Å²) in [6.45, 7) is 0.643. The van der Waals surface area contributed by atoms with Crippen LogP contribution in [0.15, 0.2) is 28.7 Å². The van der Waals surface area contributed by atoms with Crippen LogP contribution in [0.3, 0.4) is 0 Å². The highest BCUT2D eigenvalue weighted by Gasteiger charge is 2.32. The average molecular weight is 285 g/mol. The normalized spacial score (nSPS) is 25.3. The van der Waals surface area contributed by atoms with Gasteiger partial charge in [0.2, 0.25) is 0 Å². The van der Waals surface area contributed by atoms with E-state index in [4.69, 9.17) is 9.84 Å². The lowest BCUT2D eigenvalue weighted by Crippen LogP contribution is -2.28. The van der Waals surface area contributed by atoms with Gasteiger partial charge in [0.15, 0.2) is 0 Å². The molecule has 0 amide bonds. The van der Waals surface area contributed by atoms with Gasteiger partial charge < -0.3 is 9.84 Å². The molecule has 0 radical (unpaired) electrons. The summed E-state index contributed by atoms with van der Waals surface area (Å²) >= 11 is 3.36. The molecule has 0 bridgehead atoms. The minimum atomic E-state index is -0.771. The van der Waals surface area contributed by atoms with E-state index in [0.717, 1.165) is 16.5 Å². The summed E-state index contributed by atoms with van der Waals surface area (Å²) in [5.41, 5.74) is 0.940. The Morgan fingerprint density at radius 1 is 1.38 bits per heavy atom. The lowest BCUT2D eigenvalue weighted by molar-refractivity contribution is -0.151. The highest BCUT2D eigenvalue weighted by Crippen LogP contribution is 2.34. The summed E-state index contributed by atoms with van der Waals surface area (Å²) in [6, 6.07) is 7.64. The molecule has 0 aromatic heterocycles. The first-order chi connectivity index (χ1) is 7.68. The molecule has 16 heavy (non-hydrogen) atoms. The van der Waals surface area contributed by atoms with E-state index in [1.165, 1.54) is 0 Å². The number of carboxylic acid groups (broad SMARTS) is 1. The number of ether oxygens (including phenoxy) is 1. The Hall–Kier alpha value is -0.870. The Kier molecular flexibility index (Phi) is 3.61. The number of benzene rings is 1. The van der Waals surface area contributed by atoms with Gasteiger partial charge in [0, 0.05) is 11.1 Å². The van der Waals surface area contributed by atoms with Crippen molar-refractivity contribution in [3.63, 3.8) is 0 Å². The van der Waals surface area contributed by atoms with Crippen molar-refractivity contribution in [2.75, 3.05) is 6.61 Å². The number of aliphatic carboxylic acids is 1. The van der Waals surface area contributed by atoms with E-state index in [1.807, 2.05) is 24.3 Å². The van der Waals surface area contributed by atoms with Gasteiger partial charge in [-0.15, -0.1) is 0 Å². The fourth-order valence-electron chi connectivity index (χ4n) is 2.02. The number of hydrogen-bond acceptors (Lipinski definition) is 2. The molecule has 1 heterocycles. The SMILES string of the molecule is O=C(O)C1CCCOC1c1ccc(Br)cc1. The molecule has 3 nitrogen and oxygen atoms in total. The van der Waals surface area contributed by atoms with Crippen LogP contribution < -0.4 is 0 Å². The lowest BCUT2D eigenvalue weighted by atomic mass is 9.90. The first-order valence-electron chi connectivity index (χ1n) is 5.28. The van der Waals surface area contributed by atoms with Crippen molar-refractivity contribution in [2.24, 2.45) is 5.92 Å². The molecule has 2 atom stereocenters. The Balaban J connectivity index is 2.23. The minimum Gasteiger partial charge on any atom is -0.481 e. The van der Waals surface area contributed by atoms with Crippen LogP contribution in [0.5, 0.6) is 0 Å². The molecule has 1 fully saturated rings. The lowest BCUT2D eigenvalue weighted by Gasteiger charge is -2.29. The van der Waals surface area contributed by atoms with Crippen LogP contribution in [-0.4, -0.2) is 17.7 Å². The van der Waals surface area contributed by atoms with Gasteiger partial charge in [-0.2, -0.15) is 0 Å². The highest BCUT2D eigenvalue weighted by molar-refractivity contribution is 9.10. The van der Waals surface area contributed by atoms with Gasteiger partial charge in [-0.05, 0) is 30.5 Å². The van der Waals surface area contributed by atoms with E-state index < -0.39 is 11.9 Å². The monoisotopic (exact) mass is 284 g/mol. The molecule has 1 saturated heterocycles. The molecule has 1 N–H and O–H groups in total. The Bertz CT molecular complexity index is 374. The zero-order valence-electron chi connectivity index (χ0n) is 8.73. The second-order valence-electron chi connectivity index (χ2n) is 3.93. The van der Waals surface area contributed by atoms with Crippen LogP contribution in [0.4, 0.5) is 0 Å². The molecule has 1 aromatic carbocycles. The first kappa shape index (κ1) is 11.6. The molecule has 1 aliphatic heterocycles. The molecule has 4 heteroatoms. The zero-order valence-corrected chi connectivity index (χ0v) is 10.3. The average Bonchev–Trinajstić information content (AvgIpc) is 2.30. The van der Waals surface area contributed by atoms with Crippen molar-refractivity contribution >= 4 is 21.9 Å². The fraction of sp³-hybridized carbons (Fsp3) is 0.417. The molecular formula is C12H13BrO3. The standard InChI is InChI=1S/C12H13BrO3/c13-9-5-3-8(4-6-9)11-10(12(14)15)2-1-7-16-11/h3-6,10-11H,1-2,7H2,(H,14,15). The van der Waals surface area contributed by atoms with Gasteiger partial charge in [0.25, 0.3) is 0 Å². The summed E-state index contributed by atoms with van der Waals surface area (Å²) in [4.78, 5) is 11.1. The van der Waals surface area contributed by atoms with Crippen LogP contribution in [0.2, 0.25) is 0 Å². The third kappa shape index (κ3) is 2.44. The Morgan fingerprint density at radius 3 is 2.69 bits per heavy atom. The maximum atomic E-state index is 11.1. The topological polar surface area (TPSA) is 46.5 Å². The summed E-state index contributed by atoms with van der Waals surface area (Å²) < 4.78 is 6.57. The minimum absolute atomic E-state index is 0.306. The van der Waals surface area contributed by atoms with Crippen LogP contribution >= 0.6 is 15.9 Å². The van der Waals surface area contributed by atoms with Crippen LogP contribution in [0.1, 0.15) is 24.5 Å². The van der Waals surface area contributed by atoms with Crippen molar-refractivity contribution in [1.29, 1.82) is 0 Å². The maximum Gasteiger partial charge on any atom is 0.309 e. The summed E-state index contributed by atoms with van der Waals surface area (Å²) in [7, 11) is 0. The van der Waals surface area contributed by atoms with E-state index in [2.05, 4.69) is 15.9 Å². The summed E-state index contributed by atoms with van der Waals surface area (Å²) in [6.07, 6.45) is 1.21. The van der Waals surface area contributed by atoms with Gasteiger partial charge in [-0.1, -0.05) is 28.1 Å². The molecule has 2 unspecified atom stereocenters. The van der Waals surface area contributed by atoms with Crippen molar-refractivity contribution in [2.45, 2.75) is 18.9 Å². The number of halogens is 1. The van der Waals surface area contributed by atoms with E-state index >= 15 is 0 Å². The van der Waals surface area contributed by atoms with Crippen molar-refractivity contribution in [3.05, 3.63) is 34.3 Å². The molecule has 1 aliphatic rings. The van der Waals surface area contributed by atoms with Gasteiger partial charge in [0.1, 0.15) is 0 Å². The van der Waals surface area contributed by atoms with E-state index in [1.54, 1.807) is 0 Å². The summed E-state index contributed by atoms with van der Waals surface area (Å²) in [5, 5.41) is 9.14. The van der Waals surface area contributed by atoms with Crippen molar-refractivity contribution in [3.8, 4) is 0 Å². The van der Waals surface area contributed by atoms with Crippen LogP contribution in [-0.2, 0) is 9.53 Å². The predicted octanol–water partition coefficient (Wildman–Crippen LogP) is 3.00. The van der Waals surface area contributed by atoms with Crippen molar-refractivity contribution < 1.29 is 14.6 Å². The molecule has 0 aliphatic carbocycles. The largest absolute Gasteiger partial charge is 0.481 e. The van der Waals surface area contributed by atoms with E-state index in [9.17, 15) is 4.79 Å². The quantitative estimate of drug-likeness (QED) is 0.908. The second kappa shape index (κ2) is 4.97. The molecular weight excluding hydrogens is 272 g/mol. The number of carboxylic acids is 1. The molecule has 86 valence electrons. The van der Waals surface area contributed by atoms with Crippen molar-refractivity contribution in [1.82, 2.24) is 0 Å². The number of rotatable bonds is 2. The molecule has 2 rings (SSSR count). The maximum absolute atomic E-state index is 11.1. The predicted molar refractivity (Wildman–Crippen MR) is 63.2 cm³/mol. The molecule has 1 aromatic rings. The Morgan fingerprint density at radius 2 is 2.06 bits per heavy atom. The van der Waals surface area contributed by atoms with E-state index in [0.29, 0.717) is 13.0 Å². The van der Waals surface area contributed by atoms with Crippen LogP contribution in [0.25, 0.3) is 0 Å². The van der Waals surface area contributed by atoms with Gasteiger partial charge in [-0.3, -0.25) is 4.79 Å². The van der Waals surface area contributed by atoms with Gasteiger partial charge >= 0.3 is 5.97 Å². The third-order valence-electron chi connectivity index (χ3n) is 2.84. The zero-order chi connectivity index (χ0) is 11.5. The van der Waals surface area contributed by atoms with E-state index in [-0.39, 0.29) is 6.10 Å². The number of carbonyl (C=O) groups is 1. The van der Waals surface area contributed by atoms with Gasteiger partial charge in [-0.25, -0.2) is 0 Å². The fourth-order valence-corrected chi connectivity index (χ4v) is 2.28. The number of hydrogen-bond donors (Lipinski definition) is 1. The van der Waals surface area contributed by atoms with Gasteiger partial charge in [0.05, 0.1) is 12.0 Å². The summed E-state index contributed by atoms with van der Waals surface area (Å²) in [5.74, 6) is -1.19. The van der Waals surface area contributed by atoms with Crippen LogP contribution in [0, 0.1) is 5.92 Å². The molecule has 0 saturated carbocycles.